The first kappa shape index (κ1) is 10.5. The summed E-state index contributed by atoms with van der Waals surface area (Å²) >= 11 is 0. The quantitative estimate of drug-likeness (QED) is 0.827. The first-order valence-electron chi connectivity index (χ1n) is 5.90. The molecule has 0 saturated heterocycles. The Morgan fingerprint density at radius 3 is 2.60 bits per heavy atom. The van der Waals surface area contributed by atoms with Crippen LogP contribution >= 0.6 is 0 Å². The van der Waals surface area contributed by atoms with Gasteiger partial charge in [0.25, 0.3) is 0 Å². The normalized spacial score (nSPS) is 17.1. The van der Waals surface area contributed by atoms with Gasteiger partial charge in [0.2, 0.25) is 0 Å². The zero-order valence-corrected chi connectivity index (χ0v) is 9.95. The number of nitrogens with zero attached hydrogens (tertiary/aromatic N) is 2. The molecule has 1 aliphatic carbocycles. The van der Waals surface area contributed by atoms with E-state index in [-0.39, 0.29) is 0 Å². The smallest absolute Gasteiger partial charge is 0.125 e. The molecule has 0 atom stereocenters. The van der Waals surface area contributed by atoms with E-state index >= 15 is 0 Å². The van der Waals surface area contributed by atoms with Crippen molar-refractivity contribution in [1.29, 1.82) is 0 Å². The number of aryl methyl sites for hydroxylation is 1. The van der Waals surface area contributed by atoms with Crippen LogP contribution in [-0.4, -0.2) is 9.78 Å². The van der Waals surface area contributed by atoms with Crippen LogP contribution in [0.15, 0.2) is 0 Å². The Morgan fingerprint density at radius 2 is 2.13 bits per heavy atom. The number of hydrogen-bond donors (Lipinski definition) is 1. The Hall–Kier alpha value is -0.990. The lowest BCUT2D eigenvalue weighted by Crippen LogP contribution is -2.15. The maximum absolute atomic E-state index is 6.04. The van der Waals surface area contributed by atoms with Crippen molar-refractivity contribution in [3.8, 4) is 0 Å². The molecule has 0 amide bonds. The van der Waals surface area contributed by atoms with Crippen LogP contribution in [0.3, 0.4) is 0 Å². The van der Waals surface area contributed by atoms with E-state index < -0.39 is 0 Å². The third kappa shape index (κ3) is 1.87. The van der Waals surface area contributed by atoms with Gasteiger partial charge in [-0.25, -0.2) is 0 Å². The zero-order valence-electron chi connectivity index (χ0n) is 9.95. The summed E-state index contributed by atoms with van der Waals surface area (Å²) in [7, 11) is 1.94. The third-order valence-corrected chi connectivity index (χ3v) is 3.49. The first-order chi connectivity index (χ1) is 7.09. The molecule has 1 aromatic rings. The summed E-state index contributed by atoms with van der Waals surface area (Å²) in [4.78, 5) is 0. The van der Waals surface area contributed by atoms with Crippen LogP contribution in [0.5, 0.6) is 0 Å². The zero-order chi connectivity index (χ0) is 11.0. The minimum absolute atomic E-state index is 0.480. The van der Waals surface area contributed by atoms with Crippen molar-refractivity contribution in [1.82, 2.24) is 9.78 Å². The van der Waals surface area contributed by atoms with Gasteiger partial charge in [0.05, 0.1) is 5.69 Å². The Labute approximate surface area is 91.7 Å². The molecule has 3 heteroatoms. The van der Waals surface area contributed by atoms with E-state index in [0.717, 1.165) is 18.2 Å². The monoisotopic (exact) mass is 207 g/mol. The second kappa shape index (κ2) is 3.87. The lowest BCUT2D eigenvalue weighted by Gasteiger charge is -2.25. The van der Waals surface area contributed by atoms with Crippen molar-refractivity contribution in [3.63, 3.8) is 0 Å². The van der Waals surface area contributed by atoms with E-state index in [9.17, 15) is 0 Å². The number of hydrogen-bond acceptors (Lipinski definition) is 2. The van der Waals surface area contributed by atoms with Gasteiger partial charge in [0.15, 0.2) is 0 Å². The molecule has 0 aromatic carbocycles. The molecule has 0 unspecified atom stereocenters. The molecule has 84 valence electrons. The highest BCUT2D eigenvalue weighted by atomic mass is 15.3. The van der Waals surface area contributed by atoms with Crippen LogP contribution in [0.2, 0.25) is 0 Å². The van der Waals surface area contributed by atoms with Crippen molar-refractivity contribution in [2.45, 2.75) is 45.4 Å². The molecule has 2 N–H and O–H groups in total. The number of nitrogen functional groups attached to an aromatic ring is 1. The molecule has 1 aromatic heterocycles. The van der Waals surface area contributed by atoms with Crippen LogP contribution in [0.4, 0.5) is 5.82 Å². The van der Waals surface area contributed by atoms with Gasteiger partial charge in [-0.1, -0.05) is 33.1 Å². The van der Waals surface area contributed by atoms with E-state index in [0.29, 0.717) is 5.92 Å². The lowest BCUT2D eigenvalue weighted by atomic mass is 9.81. The predicted octanol–water partition coefficient (Wildman–Crippen LogP) is 2.47. The number of aromatic nitrogens is 2. The highest BCUT2D eigenvalue weighted by Crippen LogP contribution is 2.33. The fraction of sp³-hybridized carbons (Fsp3) is 0.750. The van der Waals surface area contributed by atoms with Crippen LogP contribution in [0.1, 0.15) is 50.3 Å². The molecule has 3 nitrogen and oxygen atoms in total. The van der Waals surface area contributed by atoms with E-state index in [1.54, 1.807) is 0 Å². The van der Waals surface area contributed by atoms with Gasteiger partial charge in [0.1, 0.15) is 5.82 Å². The van der Waals surface area contributed by atoms with Crippen molar-refractivity contribution >= 4 is 5.82 Å². The van der Waals surface area contributed by atoms with Crippen molar-refractivity contribution in [3.05, 3.63) is 11.3 Å². The van der Waals surface area contributed by atoms with Gasteiger partial charge in [-0.15, -0.1) is 0 Å². The second-order valence-electron chi connectivity index (χ2n) is 5.02. The number of nitrogens with two attached hydrogens (primary N) is 1. The highest BCUT2D eigenvalue weighted by molar-refractivity contribution is 5.45. The SMILES string of the molecule is CC(C)c1c(CC2CCC2)nn(C)c1N. The minimum Gasteiger partial charge on any atom is -0.384 e. The second-order valence-corrected chi connectivity index (χ2v) is 5.02. The Morgan fingerprint density at radius 1 is 1.47 bits per heavy atom. The molecular weight excluding hydrogens is 186 g/mol. The average Bonchev–Trinajstić information content (AvgIpc) is 2.36. The van der Waals surface area contributed by atoms with Crippen LogP contribution in [0, 0.1) is 5.92 Å². The highest BCUT2D eigenvalue weighted by Gasteiger charge is 2.23. The molecule has 1 fully saturated rings. The summed E-state index contributed by atoms with van der Waals surface area (Å²) in [5.74, 6) is 2.19. The van der Waals surface area contributed by atoms with Crippen molar-refractivity contribution in [2.24, 2.45) is 13.0 Å². The molecule has 0 bridgehead atoms. The van der Waals surface area contributed by atoms with E-state index in [2.05, 4.69) is 18.9 Å². The molecule has 1 heterocycles. The maximum atomic E-state index is 6.04. The number of anilines is 1. The Bertz CT molecular complexity index is 348. The van der Waals surface area contributed by atoms with Crippen LogP contribution in [0.25, 0.3) is 0 Å². The van der Waals surface area contributed by atoms with Crippen molar-refractivity contribution < 1.29 is 0 Å². The summed E-state index contributed by atoms with van der Waals surface area (Å²) in [6.45, 7) is 4.38. The van der Waals surface area contributed by atoms with Gasteiger partial charge in [0, 0.05) is 12.6 Å². The maximum Gasteiger partial charge on any atom is 0.125 e. The Balaban J connectivity index is 2.24. The third-order valence-electron chi connectivity index (χ3n) is 3.49. The molecule has 1 saturated carbocycles. The minimum atomic E-state index is 0.480. The lowest BCUT2D eigenvalue weighted by molar-refractivity contribution is 0.310. The standard InChI is InChI=1S/C12H21N3/c1-8(2)11-10(7-9-5-4-6-9)14-15(3)12(11)13/h8-9H,4-7,13H2,1-3H3. The van der Waals surface area contributed by atoms with E-state index in [1.165, 1.54) is 30.5 Å². The van der Waals surface area contributed by atoms with Gasteiger partial charge >= 0.3 is 0 Å². The fourth-order valence-corrected chi connectivity index (χ4v) is 2.36. The molecule has 0 aliphatic heterocycles. The average molecular weight is 207 g/mol. The van der Waals surface area contributed by atoms with Gasteiger partial charge in [-0.2, -0.15) is 5.10 Å². The summed E-state index contributed by atoms with van der Waals surface area (Å²) in [5.41, 5.74) is 8.54. The summed E-state index contributed by atoms with van der Waals surface area (Å²) in [5, 5.41) is 4.54. The molecule has 0 spiro atoms. The molecule has 1 aliphatic rings. The number of rotatable bonds is 3. The topological polar surface area (TPSA) is 43.8 Å². The Kier molecular flexibility index (Phi) is 2.72. The van der Waals surface area contributed by atoms with Gasteiger partial charge in [-0.3, -0.25) is 4.68 Å². The van der Waals surface area contributed by atoms with Crippen LogP contribution in [-0.2, 0) is 13.5 Å². The molecule has 2 rings (SSSR count). The molecule has 0 radical (unpaired) electrons. The van der Waals surface area contributed by atoms with Crippen LogP contribution < -0.4 is 5.73 Å². The van der Waals surface area contributed by atoms with Gasteiger partial charge in [-0.05, 0) is 18.3 Å². The van der Waals surface area contributed by atoms with E-state index in [1.807, 2.05) is 11.7 Å². The van der Waals surface area contributed by atoms with Crippen molar-refractivity contribution in [2.75, 3.05) is 5.73 Å². The predicted molar refractivity (Wildman–Crippen MR) is 62.8 cm³/mol. The molecular formula is C12H21N3. The summed E-state index contributed by atoms with van der Waals surface area (Å²) in [6.07, 6.45) is 5.25. The summed E-state index contributed by atoms with van der Waals surface area (Å²) < 4.78 is 1.82. The largest absolute Gasteiger partial charge is 0.384 e. The van der Waals surface area contributed by atoms with Gasteiger partial charge < -0.3 is 5.73 Å². The fourth-order valence-electron chi connectivity index (χ4n) is 2.36. The molecule has 15 heavy (non-hydrogen) atoms. The van der Waals surface area contributed by atoms with E-state index in [4.69, 9.17) is 5.73 Å². The first-order valence-corrected chi connectivity index (χ1v) is 5.90. The summed E-state index contributed by atoms with van der Waals surface area (Å²) in [6, 6.07) is 0.